The first-order valence-electron chi connectivity index (χ1n) is 24.7. The number of carbonyl (C=O) groups is 3. The van der Waals surface area contributed by atoms with Crippen molar-refractivity contribution in [3.63, 3.8) is 0 Å². The molecule has 2 unspecified atom stereocenters. The molecule has 0 rings (SSSR count). The van der Waals surface area contributed by atoms with Gasteiger partial charge in [-0.25, -0.2) is 4.79 Å². The molecule has 0 spiro atoms. The number of hydrogen-bond acceptors (Lipinski definition) is 6. The van der Waals surface area contributed by atoms with Gasteiger partial charge in [-0.1, -0.05) is 172 Å². The lowest BCUT2D eigenvalue weighted by atomic mass is 10.0. The maximum atomic E-state index is 12.7. The predicted molar refractivity (Wildman–Crippen MR) is 252 cm³/mol. The third kappa shape index (κ3) is 40.7. The molecule has 0 aromatic rings. The SMILES string of the molecule is CC/C=C/C/C=C/C/C=C/CCCCCCC(=O)OC(COCCC(C(=O)O)[N+](C)(C)C)COC(=O)CCCCCCCCC/C=C/CCCCCCCCCCCCC. The summed E-state index contributed by atoms with van der Waals surface area (Å²) in [5.41, 5.74) is 0. The minimum Gasteiger partial charge on any atom is -0.477 e. The van der Waals surface area contributed by atoms with E-state index in [1.165, 1.54) is 109 Å². The van der Waals surface area contributed by atoms with Crippen molar-refractivity contribution in [1.82, 2.24) is 0 Å². The lowest BCUT2D eigenvalue weighted by molar-refractivity contribution is -0.887. The predicted octanol–water partition coefficient (Wildman–Crippen LogP) is 14.0. The van der Waals surface area contributed by atoms with Crippen LogP contribution in [0.4, 0.5) is 0 Å². The van der Waals surface area contributed by atoms with E-state index in [-0.39, 0.29) is 36.2 Å². The molecule has 0 fully saturated rings. The molecule has 0 bridgehead atoms. The molecule has 0 aromatic heterocycles. The highest BCUT2D eigenvalue weighted by atomic mass is 16.6. The first-order chi connectivity index (χ1) is 29.1. The van der Waals surface area contributed by atoms with Gasteiger partial charge in [-0.05, 0) is 70.6 Å². The van der Waals surface area contributed by atoms with Gasteiger partial charge in [0.25, 0.3) is 0 Å². The van der Waals surface area contributed by atoms with Crippen LogP contribution in [0.3, 0.4) is 0 Å². The zero-order valence-corrected chi connectivity index (χ0v) is 39.7. The number of likely N-dealkylation sites (N-methyl/N-ethyl adjacent to an activating group) is 1. The Hall–Kier alpha value is -2.71. The van der Waals surface area contributed by atoms with Crippen LogP contribution in [0.5, 0.6) is 0 Å². The Labute approximate surface area is 369 Å². The van der Waals surface area contributed by atoms with E-state index in [4.69, 9.17) is 14.2 Å². The summed E-state index contributed by atoms with van der Waals surface area (Å²) in [5.74, 6) is -1.50. The number of esters is 2. The zero-order valence-electron chi connectivity index (χ0n) is 39.7. The molecule has 2 atom stereocenters. The Kier molecular flexibility index (Phi) is 41.0. The average molecular weight is 845 g/mol. The molecule has 0 saturated carbocycles. The average Bonchev–Trinajstić information content (AvgIpc) is 3.21. The van der Waals surface area contributed by atoms with Crippen LogP contribution >= 0.6 is 0 Å². The molecular weight excluding hydrogens is 751 g/mol. The highest BCUT2D eigenvalue weighted by Gasteiger charge is 2.31. The van der Waals surface area contributed by atoms with Gasteiger partial charge >= 0.3 is 17.9 Å². The number of quaternary nitrogens is 1. The van der Waals surface area contributed by atoms with Gasteiger partial charge in [0.1, 0.15) is 6.61 Å². The van der Waals surface area contributed by atoms with Crippen LogP contribution < -0.4 is 0 Å². The van der Waals surface area contributed by atoms with Crippen LogP contribution in [0.25, 0.3) is 0 Å². The number of hydrogen-bond donors (Lipinski definition) is 1. The Morgan fingerprint density at radius 2 is 0.933 bits per heavy atom. The maximum Gasteiger partial charge on any atom is 0.362 e. The third-order valence-electron chi connectivity index (χ3n) is 11.0. The van der Waals surface area contributed by atoms with Gasteiger partial charge in [0.2, 0.25) is 0 Å². The minimum absolute atomic E-state index is 0.0503. The highest BCUT2D eigenvalue weighted by molar-refractivity contribution is 5.72. The maximum absolute atomic E-state index is 12.7. The summed E-state index contributed by atoms with van der Waals surface area (Å²) in [7, 11) is 5.52. The molecule has 0 aromatic carbocycles. The molecule has 8 heteroatoms. The summed E-state index contributed by atoms with van der Waals surface area (Å²) in [5, 5.41) is 9.63. The van der Waals surface area contributed by atoms with Crippen molar-refractivity contribution >= 4 is 17.9 Å². The van der Waals surface area contributed by atoms with Gasteiger partial charge in [-0.2, -0.15) is 0 Å². The Balaban J connectivity index is 4.24. The van der Waals surface area contributed by atoms with Crippen LogP contribution in [0.2, 0.25) is 0 Å². The largest absolute Gasteiger partial charge is 0.477 e. The fourth-order valence-electron chi connectivity index (χ4n) is 7.16. The van der Waals surface area contributed by atoms with Gasteiger partial charge in [0.05, 0.1) is 34.4 Å². The molecule has 0 saturated heterocycles. The second-order valence-corrected chi connectivity index (χ2v) is 17.7. The second kappa shape index (κ2) is 43.0. The first kappa shape index (κ1) is 57.3. The molecule has 348 valence electrons. The van der Waals surface area contributed by atoms with Crippen molar-refractivity contribution < 1.29 is 38.2 Å². The van der Waals surface area contributed by atoms with E-state index < -0.39 is 18.1 Å². The Morgan fingerprint density at radius 3 is 1.40 bits per heavy atom. The molecular formula is C52H94NO7+. The zero-order chi connectivity index (χ0) is 44.2. The van der Waals surface area contributed by atoms with Crippen LogP contribution in [-0.2, 0) is 28.6 Å². The Morgan fingerprint density at radius 1 is 0.517 bits per heavy atom. The monoisotopic (exact) mass is 845 g/mol. The molecule has 0 amide bonds. The first-order valence-corrected chi connectivity index (χ1v) is 24.7. The fraction of sp³-hybridized carbons (Fsp3) is 0.788. The molecule has 8 nitrogen and oxygen atoms in total. The summed E-state index contributed by atoms with van der Waals surface area (Å²) in [6, 6.07) is -0.620. The van der Waals surface area contributed by atoms with E-state index in [0.717, 1.165) is 70.6 Å². The summed E-state index contributed by atoms with van der Waals surface area (Å²) in [6.45, 7) is 4.61. The van der Waals surface area contributed by atoms with Gasteiger partial charge in [-0.15, -0.1) is 0 Å². The highest BCUT2D eigenvalue weighted by Crippen LogP contribution is 2.15. The van der Waals surface area contributed by atoms with Gasteiger partial charge in [-0.3, -0.25) is 9.59 Å². The minimum atomic E-state index is -0.880. The smallest absolute Gasteiger partial charge is 0.362 e. The van der Waals surface area contributed by atoms with Crippen LogP contribution in [0, 0.1) is 0 Å². The molecule has 0 heterocycles. The number of unbranched alkanes of at least 4 members (excludes halogenated alkanes) is 22. The van der Waals surface area contributed by atoms with E-state index in [1.807, 2.05) is 21.1 Å². The number of carboxylic acids is 1. The van der Waals surface area contributed by atoms with Gasteiger partial charge in [0, 0.05) is 19.3 Å². The standard InChI is InChI=1S/C52H93NO7/c1-6-8-10-12-14-16-18-20-22-23-24-25-26-27-28-29-31-32-34-36-38-40-42-50(54)59-47-48(46-58-45-44-49(52(56)57)53(3,4)5)60-51(55)43-41-39-37-35-33-30-21-19-17-15-13-11-9-7-2/h9,11,15,17,21,26-27,30,48-49H,6-8,10,12-14,16,18-20,22-25,28-29,31-47H2,1-5H3/p+1/b11-9+,17-15+,27-26+,30-21+. The number of carboxylic acid groups (broad SMARTS) is 1. The second-order valence-electron chi connectivity index (χ2n) is 17.7. The van der Waals surface area contributed by atoms with Crippen LogP contribution in [-0.4, -0.2) is 80.6 Å². The van der Waals surface area contributed by atoms with E-state index in [2.05, 4.69) is 62.5 Å². The Bertz CT molecular complexity index is 1120. The number of carbonyl (C=O) groups excluding carboxylic acids is 2. The molecule has 0 aliphatic rings. The number of allylic oxidation sites excluding steroid dienone is 8. The molecule has 0 aliphatic carbocycles. The van der Waals surface area contributed by atoms with Crippen molar-refractivity contribution in [1.29, 1.82) is 0 Å². The summed E-state index contributed by atoms with van der Waals surface area (Å²) < 4.78 is 17.3. The quantitative estimate of drug-likeness (QED) is 0.0282. The summed E-state index contributed by atoms with van der Waals surface area (Å²) >= 11 is 0. The van der Waals surface area contributed by atoms with Crippen LogP contribution in [0.1, 0.15) is 213 Å². The van der Waals surface area contributed by atoms with Gasteiger partial charge < -0.3 is 23.8 Å². The summed E-state index contributed by atoms with van der Waals surface area (Å²) in [4.78, 5) is 37.1. The number of ether oxygens (including phenoxy) is 3. The van der Waals surface area contributed by atoms with Crippen molar-refractivity contribution in [2.24, 2.45) is 0 Å². The van der Waals surface area contributed by atoms with Crippen molar-refractivity contribution in [2.75, 3.05) is 41.0 Å². The third-order valence-corrected chi connectivity index (χ3v) is 11.0. The van der Waals surface area contributed by atoms with E-state index >= 15 is 0 Å². The van der Waals surface area contributed by atoms with Crippen LogP contribution in [0.15, 0.2) is 48.6 Å². The van der Waals surface area contributed by atoms with Crippen molar-refractivity contribution in [3.05, 3.63) is 48.6 Å². The van der Waals surface area contributed by atoms with E-state index in [0.29, 0.717) is 19.3 Å². The van der Waals surface area contributed by atoms with Crippen molar-refractivity contribution in [2.45, 2.75) is 225 Å². The molecule has 0 aliphatic heterocycles. The normalized spacial score (nSPS) is 13.3. The summed E-state index contributed by atoms with van der Waals surface area (Å²) in [6.07, 6.45) is 51.7. The lowest BCUT2D eigenvalue weighted by Crippen LogP contribution is -2.50. The molecule has 1 N–H and O–H groups in total. The van der Waals surface area contributed by atoms with E-state index in [1.54, 1.807) is 0 Å². The molecule has 0 radical (unpaired) electrons. The fourth-order valence-corrected chi connectivity index (χ4v) is 7.16. The van der Waals surface area contributed by atoms with E-state index in [9.17, 15) is 19.5 Å². The number of nitrogens with zero attached hydrogens (tertiary/aromatic N) is 1. The number of rotatable bonds is 44. The number of aliphatic carboxylic acids is 1. The topological polar surface area (TPSA) is 99.1 Å². The lowest BCUT2D eigenvalue weighted by Gasteiger charge is -2.31. The molecule has 60 heavy (non-hydrogen) atoms. The van der Waals surface area contributed by atoms with Gasteiger partial charge in [0.15, 0.2) is 12.1 Å². The van der Waals surface area contributed by atoms with Crippen molar-refractivity contribution in [3.8, 4) is 0 Å².